The van der Waals surface area contributed by atoms with Gasteiger partial charge in [0.1, 0.15) is 0 Å². The SMILES string of the molecule is Cc1ccc(C#N)cc1C(=O)C1CC2CCC(C1)N2C. The van der Waals surface area contributed by atoms with E-state index in [4.69, 9.17) is 5.26 Å². The summed E-state index contributed by atoms with van der Waals surface area (Å²) in [5, 5.41) is 9.01. The van der Waals surface area contributed by atoms with Gasteiger partial charge in [0, 0.05) is 23.6 Å². The molecule has 3 nitrogen and oxygen atoms in total. The average Bonchev–Trinajstić information content (AvgIpc) is 2.68. The van der Waals surface area contributed by atoms with E-state index in [0.717, 1.165) is 24.0 Å². The fourth-order valence-electron chi connectivity index (χ4n) is 3.80. The standard InChI is InChI=1S/C17H20N2O/c1-11-3-4-12(10-18)7-16(11)17(20)13-8-14-5-6-15(9-13)19(14)2/h3-4,7,13-15H,5-6,8-9H2,1-2H3. The molecule has 0 aromatic heterocycles. The monoisotopic (exact) mass is 268 g/mol. The number of ketones is 1. The van der Waals surface area contributed by atoms with Crippen molar-refractivity contribution in [3.8, 4) is 6.07 Å². The van der Waals surface area contributed by atoms with Gasteiger partial charge in [-0.2, -0.15) is 5.26 Å². The quantitative estimate of drug-likeness (QED) is 0.775. The Balaban J connectivity index is 1.85. The molecule has 2 saturated heterocycles. The Kier molecular flexibility index (Phi) is 3.35. The lowest BCUT2D eigenvalue weighted by molar-refractivity contribution is 0.0766. The van der Waals surface area contributed by atoms with E-state index in [-0.39, 0.29) is 11.7 Å². The first kappa shape index (κ1) is 13.3. The van der Waals surface area contributed by atoms with Crippen molar-refractivity contribution in [3.63, 3.8) is 0 Å². The van der Waals surface area contributed by atoms with Crippen molar-refractivity contribution < 1.29 is 4.79 Å². The number of hydrogen-bond donors (Lipinski definition) is 0. The Bertz CT molecular complexity index is 573. The molecular weight excluding hydrogens is 248 g/mol. The number of nitrogens with zero attached hydrogens (tertiary/aromatic N) is 2. The van der Waals surface area contributed by atoms with Gasteiger partial charge in [-0.15, -0.1) is 0 Å². The van der Waals surface area contributed by atoms with Gasteiger partial charge in [0.25, 0.3) is 0 Å². The second kappa shape index (κ2) is 5.03. The summed E-state index contributed by atoms with van der Waals surface area (Å²) in [5.41, 5.74) is 2.31. The summed E-state index contributed by atoms with van der Waals surface area (Å²) in [4.78, 5) is 15.2. The van der Waals surface area contributed by atoms with E-state index in [1.54, 1.807) is 12.1 Å². The smallest absolute Gasteiger partial charge is 0.166 e. The van der Waals surface area contributed by atoms with Crippen LogP contribution in [0.1, 0.15) is 47.2 Å². The van der Waals surface area contributed by atoms with Gasteiger partial charge in [-0.3, -0.25) is 4.79 Å². The molecule has 3 rings (SSSR count). The maximum absolute atomic E-state index is 12.8. The van der Waals surface area contributed by atoms with Crippen LogP contribution in [0.4, 0.5) is 0 Å². The highest BCUT2D eigenvalue weighted by Crippen LogP contribution is 2.38. The molecule has 1 aromatic rings. The van der Waals surface area contributed by atoms with Crippen LogP contribution >= 0.6 is 0 Å². The summed E-state index contributed by atoms with van der Waals surface area (Å²) in [5.74, 6) is 0.376. The molecule has 0 spiro atoms. The third kappa shape index (κ3) is 2.14. The molecule has 2 aliphatic heterocycles. The number of piperidine rings is 1. The lowest BCUT2D eigenvalue weighted by Crippen LogP contribution is -2.42. The first-order chi connectivity index (χ1) is 9.60. The van der Waals surface area contributed by atoms with E-state index in [0.29, 0.717) is 17.6 Å². The minimum atomic E-state index is 0.136. The highest BCUT2D eigenvalue weighted by atomic mass is 16.1. The van der Waals surface area contributed by atoms with Gasteiger partial charge in [-0.1, -0.05) is 6.07 Å². The second-order valence-corrected chi connectivity index (χ2v) is 6.22. The van der Waals surface area contributed by atoms with Crippen LogP contribution in [-0.4, -0.2) is 29.8 Å². The Morgan fingerprint density at radius 1 is 1.30 bits per heavy atom. The van der Waals surface area contributed by atoms with E-state index in [1.165, 1.54) is 12.8 Å². The Hall–Kier alpha value is -1.66. The summed E-state index contributed by atoms with van der Waals surface area (Å²) in [6.07, 6.45) is 4.40. The molecule has 0 amide bonds. The number of carbonyl (C=O) groups excluding carboxylic acids is 1. The lowest BCUT2D eigenvalue weighted by Gasteiger charge is -2.35. The van der Waals surface area contributed by atoms with Crippen molar-refractivity contribution in [2.24, 2.45) is 5.92 Å². The maximum Gasteiger partial charge on any atom is 0.166 e. The number of hydrogen-bond acceptors (Lipinski definition) is 3. The minimum Gasteiger partial charge on any atom is -0.300 e. The zero-order valence-corrected chi connectivity index (χ0v) is 12.1. The molecule has 2 atom stereocenters. The molecule has 2 aliphatic rings. The van der Waals surface area contributed by atoms with E-state index in [2.05, 4.69) is 18.0 Å². The van der Waals surface area contributed by atoms with Gasteiger partial charge in [-0.25, -0.2) is 0 Å². The molecule has 2 bridgehead atoms. The Morgan fingerprint density at radius 2 is 1.95 bits per heavy atom. The minimum absolute atomic E-state index is 0.136. The van der Waals surface area contributed by atoms with Gasteiger partial charge < -0.3 is 4.90 Å². The Labute approximate surface area is 120 Å². The number of fused-ring (bicyclic) bond motifs is 2. The van der Waals surface area contributed by atoms with Crippen LogP contribution in [0.3, 0.4) is 0 Å². The van der Waals surface area contributed by atoms with Gasteiger partial charge in [-0.05, 0) is 57.4 Å². The van der Waals surface area contributed by atoms with Crippen LogP contribution < -0.4 is 0 Å². The van der Waals surface area contributed by atoms with Crippen LogP contribution in [0.2, 0.25) is 0 Å². The summed E-state index contributed by atoms with van der Waals surface area (Å²) < 4.78 is 0. The molecule has 2 fully saturated rings. The number of carbonyl (C=O) groups is 1. The van der Waals surface area contributed by atoms with Crippen molar-refractivity contribution in [2.45, 2.75) is 44.7 Å². The summed E-state index contributed by atoms with van der Waals surface area (Å²) in [7, 11) is 2.19. The topological polar surface area (TPSA) is 44.1 Å². The van der Waals surface area contributed by atoms with E-state index in [1.807, 2.05) is 13.0 Å². The molecule has 0 saturated carbocycles. The van der Waals surface area contributed by atoms with Crippen LogP contribution in [0.25, 0.3) is 0 Å². The molecule has 3 heteroatoms. The molecule has 2 heterocycles. The van der Waals surface area contributed by atoms with Crippen LogP contribution in [0, 0.1) is 24.2 Å². The average molecular weight is 268 g/mol. The first-order valence-electron chi connectivity index (χ1n) is 7.37. The van der Waals surface area contributed by atoms with Crippen LogP contribution in [-0.2, 0) is 0 Å². The number of nitriles is 1. The fraction of sp³-hybridized carbons (Fsp3) is 0.529. The van der Waals surface area contributed by atoms with Crippen molar-refractivity contribution in [1.29, 1.82) is 5.26 Å². The molecule has 0 aliphatic carbocycles. The highest BCUT2D eigenvalue weighted by Gasteiger charge is 2.41. The van der Waals surface area contributed by atoms with Gasteiger partial charge in [0.05, 0.1) is 11.6 Å². The molecule has 0 radical (unpaired) electrons. The molecule has 104 valence electrons. The predicted octanol–water partition coefficient (Wildman–Crippen LogP) is 2.92. The number of benzene rings is 1. The Morgan fingerprint density at radius 3 is 2.55 bits per heavy atom. The van der Waals surface area contributed by atoms with Crippen LogP contribution in [0.15, 0.2) is 18.2 Å². The predicted molar refractivity (Wildman–Crippen MR) is 77.5 cm³/mol. The van der Waals surface area contributed by atoms with Gasteiger partial charge in [0.15, 0.2) is 5.78 Å². The van der Waals surface area contributed by atoms with Crippen molar-refractivity contribution in [1.82, 2.24) is 4.90 Å². The normalized spacial score (nSPS) is 29.1. The number of Topliss-reactive ketones (excluding diaryl/α,β-unsaturated/α-hetero) is 1. The lowest BCUT2D eigenvalue weighted by atomic mass is 9.83. The number of aryl methyl sites for hydroxylation is 1. The van der Waals surface area contributed by atoms with Crippen LogP contribution in [0.5, 0.6) is 0 Å². The van der Waals surface area contributed by atoms with Crippen molar-refractivity contribution in [3.05, 3.63) is 34.9 Å². The van der Waals surface area contributed by atoms with E-state index < -0.39 is 0 Å². The molecule has 2 unspecified atom stereocenters. The van der Waals surface area contributed by atoms with E-state index in [9.17, 15) is 4.79 Å². The molecular formula is C17H20N2O. The third-order valence-corrected chi connectivity index (χ3v) is 5.10. The first-order valence-corrected chi connectivity index (χ1v) is 7.37. The van der Waals surface area contributed by atoms with Gasteiger partial charge >= 0.3 is 0 Å². The summed E-state index contributed by atoms with van der Waals surface area (Å²) in [6, 6.07) is 8.70. The van der Waals surface area contributed by atoms with Crippen molar-refractivity contribution in [2.75, 3.05) is 7.05 Å². The summed E-state index contributed by atoms with van der Waals surface area (Å²) >= 11 is 0. The molecule has 20 heavy (non-hydrogen) atoms. The molecule has 1 aromatic carbocycles. The maximum atomic E-state index is 12.8. The molecule has 0 N–H and O–H groups in total. The second-order valence-electron chi connectivity index (χ2n) is 6.22. The highest BCUT2D eigenvalue weighted by molar-refractivity contribution is 5.99. The third-order valence-electron chi connectivity index (χ3n) is 5.10. The van der Waals surface area contributed by atoms with Crippen molar-refractivity contribution >= 4 is 5.78 Å². The number of rotatable bonds is 2. The largest absolute Gasteiger partial charge is 0.300 e. The zero-order chi connectivity index (χ0) is 14.3. The van der Waals surface area contributed by atoms with Gasteiger partial charge in [0.2, 0.25) is 0 Å². The fourth-order valence-corrected chi connectivity index (χ4v) is 3.80. The van der Waals surface area contributed by atoms with E-state index >= 15 is 0 Å². The zero-order valence-electron chi connectivity index (χ0n) is 12.1. The summed E-state index contributed by atoms with van der Waals surface area (Å²) in [6.45, 7) is 1.96.